The Balaban J connectivity index is 1.74. The molecule has 0 bridgehead atoms. The van der Waals surface area contributed by atoms with Crippen molar-refractivity contribution in [3.8, 4) is 0 Å². The van der Waals surface area contributed by atoms with Gasteiger partial charge in [-0.05, 0) is 12.5 Å². The molecule has 0 radical (unpaired) electrons. The van der Waals surface area contributed by atoms with E-state index in [0.717, 1.165) is 11.4 Å². The first-order valence-electron chi connectivity index (χ1n) is 6.68. The normalized spacial score (nSPS) is 12.1. The van der Waals surface area contributed by atoms with Gasteiger partial charge in [0.05, 0.1) is 12.6 Å². The van der Waals surface area contributed by atoms with Gasteiger partial charge in [-0.1, -0.05) is 30.3 Å². The predicted octanol–water partition coefficient (Wildman–Crippen LogP) is 1.39. The number of rotatable bonds is 6. The first-order valence-corrected chi connectivity index (χ1v) is 6.68. The molecule has 2 rings (SSSR count). The number of imidazole rings is 1. The van der Waals surface area contributed by atoms with E-state index in [4.69, 9.17) is 0 Å². The van der Waals surface area contributed by atoms with Gasteiger partial charge in [0.1, 0.15) is 5.82 Å². The van der Waals surface area contributed by atoms with Crippen molar-refractivity contribution >= 4 is 5.91 Å². The lowest BCUT2D eigenvalue weighted by atomic mass is 10.2. The van der Waals surface area contributed by atoms with Crippen LogP contribution in [0.4, 0.5) is 0 Å². The van der Waals surface area contributed by atoms with Crippen molar-refractivity contribution in [2.24, 2.45) is 7.05 Å². The monoisotopic (exact) mass is 272 g/mol. The highest BCUT2D eigenvalue weighted by molar-refractivity contribution is 5.78. The number of carbonyl (C=O) groups excluding carboxylic acids is 1. The zero-order valence-electron chi connectivity index (χ0n) is 11.8. The molecule has 0 aliphatic heterocycles. The summed E-state index contributed by atoms with van der Waals surface area (Å²) in [5, 5.41) is 6.05. The topological polar surface area (TPSA) is 59.0 Å². The summed E-state index contributed by atoms with van der Waals surface area (Å²) in [6, 6.07) is 9.90. The number of nitrogens with one attached hydrogen (secondary N) is 2. The number of carbonyl (C=O) groups is 1. The van der Waals surface area contributed by atoms with Crippen molar-refractivity contribution in [1.29, 1.82) is 0 Å². The average molecular weight is 272 g/mol. The molecule has 20 heavy (non-hydrogen) atoms. The van der Waals surface area contributed by atoms with Crippen molar-refractivity contribution < 1.29 is 4.79 Å². The van der Waals surface area contributed by atoms with Crippen molar-refractivity contribution in [3.63, 3.8) is 0 Å². The maximum absolute atomic E-state index is 11.8. The zero-order valence-corrected chi connectivity index (χ0v) is 11.8. The van der Waals surface area contributed by atoms with Crippen LogP contribution < -0.4 is 10.6 Å². The van der Waals surface area contributed by atoms with E-state index < -0.39 is 0 Å². The van der Waals surface area contributed by atoms with Gasteiger partial charge in [0, 0.05) is 26.0 Å². The van der Waals surface area contributed by atoms with Gasteiger partial charge in [0.2, 0.25) is 5.91 Å². The number of aromatic nitrogens is 2. The smallest absolute Gasteiger partial charge is 0.234 e. The molecule has 5 nitrogen and oxygen atoms in total. The summed E-state index contributed by atoms with van der Waals surface area (Å²) in [5.74, 6) is 0.899. The lowest BCUT2D eigenvalue weighted by Gasteiger charge is -2.13. The Morgan fingerprint density at radius 2 is 2.10 bits per heavy atom. The first kappa shape index (κ1) is 14.3. The van der Waals surface area contributed by atoms with Gasteiger partial charge in [-0.2, -0.15) is 0 Å². The van der Waals surface area contributed by atoms with Crippen LogP contribution in [-0.4, -0.2) is 22.0 Å². The summed E-state index contributed by atoms with van der Waals surface area (Å²) in [5.41, 5.74) is 1.10. The molecule has 1 heterocycles. The Hall–Kier alpha value is -2.14. The maximum atomic E-state index is 11.8. The molecular weight excluding hydrogens is 252 g/mol. The molecule has 1 aromatic carbocycles. The Labute approximate surface area is 119 Å². The van der Waals surface area contributed by atoms with Crippen LogP contribution in [0.1, 0.15) is 24.4 Å². The van der Waals surface area contributed by atoms with E-state index in [1.54, 1.807) is 6.20 Å². The molecule has 0 aliphatic rings. The van der Waals surface area contributed by atoms with Crippen molar-refractivity contribution in [2.75, 3.05) is 6.54 Å². The van der Waals surface area contributed by atoms with E-state index in [2.05, 4.69) is 15.6 Å². The van der Waals surface area contributed by atoms with Gasteiger partial charge in [-0.3, -0.25) is 10.1 Å². The highest BCUT2D eigenvalue weighted by Crippen LogP contribution is 2.07. The highest BCUT2D eigenvalue weighted by Gasteiger charge is 2.11. The molecule has 5 heteroatoms. The molecule has 0 saturated heterocycles. The lowest BCUT2D eigenvalue weighted by Crippen LogP contribution is -2.35. The largest absolute Gasteiger partial charge is 0.351 e. The number of aryl methyl sites for hydroxylation is 1. The minimum atomic E-state index is -0.0186. The standard InChI is InChI=1S/C15H20N4O/c1-12(15-16-8-9-19(15)2)17-11-14(20)18-10-13-6-4-3-5-7-13/h3-9,12,17H,10-11H2,1-2H3,(H,18,20). The third-order valence-electron chi connectivity index (χ3n) is 3.15. The molecule has 1 atom stereocenters. The molecule has 0 fully saturated rings. The fourth-order valence-corrected chi connectivity index (χ4v) is 1.99. The summed E-state index contributed by atoms with van der Waals surface area (Å²) in [6.07, 6.45) is 3.64. The molecule has 106 valence electrons. The summed E-state index contributed by atoms with van der Waals surface area (Å²) in [4.78, 5) is 16.0. The first-order chi connectivity index (χ1) is 9.66. The molecule has 0 aliphatic carbocycles. The molecule has 1 amide bonds. The summed E-state index contributed by atoms with van der Waals surface area (Å²) >= 11 is 0. The number of hydrogen-bond acceptors (Lipinski definition) is 3. The van der Waals surface area contributed by atoms with E-state index in [-0.39, 0.29) is 18.5 Å². The van der Waals surface area contributed by atoms with Crippen LogP contribution in [0.25, 0.3) is 0 Å². The number of hydrogen-bond donors (Lipinski definition) is 2. The zero-order chi connectivity index (χ0) is 14.4. The van der Waals surface area contributed by atoms with Crippen LogP contribution in [0.2, 0.25) is 0 Å². The molecule has 1 aromatic heterocycles. The minimum Gasteiger partial charge on any atom is -0.351 e. The molecular formula is C15H20N4O. The number of amides is 1. The van der Waals surface area contributed by atoms with Gasteiger partial charge in [-0.25, -0.2) is 4.98 Å². The van der Waals surface area contributed by atoms with E-state index in [0.29, 0.717) is 6.54 Å². The Morgan fingerprint density at radius 3 is 2.75 bits per heavy atom. The van der Waals surface area contributed by atoms with Crippen LogP contribution in [0, 0.1) is 0 Å². The molecule has 2 aromatic rings. The van der Waals surface area contributed by atoms with Gasteiger partial charge < -0.3 is 9.88 Å². The lowest BCUT2D eigenvalue weighted by molar-refractivity contribution is -0.120. The van der Waals surface area contributed by atoms with Crippen LogP contribution in [-0.2, 0) is 18.4 Å². The van der Waals surface area contributed by atoms with Crippen molar-refractivity contribution in [3.05, 3.63) is 54.1 Å². The maximum Gasteiger partial charge on any atom is 0.234 e. The molecule has 1 unspecified atom stereocenters. The highest BCUT2D eigenvalue weighted by atomic mass is 16.1. The second-order valence-electron chi connectivity index (χ2n) is 4.76. The second-order valence-corrected chi connectivity index (χ2v) is 4.76. The van der Waals surface area contributed by atoms with Gasteiger partial charge in [0.15, 0.2) is 0 Å². The minimum absolute atomic E-state index is 0.0186. The third kappa shape index (κ3) is 3.93. The Bertz CT molecular complexity index is 550. The van der Waals surface area contributed by atoms with Crippen LogP contribution >= 0.6 is 0 Å². The molecule has 2 N–H and O–H groups in total. The van der Waals surface area contributed by atoms with Gasteiger partial charge in [0.25, 0.3) is 0 Å². The average Bonchev–Trinajstić information content (AvgIpc) is 2.90. The van der Waals surface area contributed by atoms with E-state index in [1.807, 2.05) is 55.1 Å². The Kier molecular flexibility index (Phi) is 4.90. The van der Waals surface area contributed by atoms with Crippen LogP contribution in [0.3, 0.4) is 0 Å². The van der Waals surface area contributed by atoms with E-state index in [1.165, 1.54) is 0 Å². The van der Waals surface area contributed by atoms with Crippen LogP contribution in [0.5, 0.6) is 0 Å². The predicted molar refractivity (Wildman–Crippen MR) is 77.9 cm³/mol. The van der Waals surface area contributed by atoms with Crippen molar-refractivity contribution in [1.82, 2.24) is 20.2 Å². The number of benzene rings is 1. The fourth-order valence-electron chi connectivity index (χ4n) is 1.99. The molecule has 0 spiro atoms. The summed E-state index contributed by atoms with van der Waals surface area (Å²) in [6.45, 7) is 2.83. The van der Waals surface area contributed by atoms with Gasteiger partial charge >= 0.3 is 0 Å². The summed E-state index contributed by atoms with van der Waals surface area (Å²) < 4.78 is 1.94. The van der Waals surface area contributed by atoms with E-state index >= 15 is 0 Å². The third-order valence-corrected chi connectivity index (χ3v) is 3.15. The fraction of sp³-hybridized carbons (Fsp3) is 0.333. The quantitative estimate of drug-likeness (QED) is 0.835. The van der Waals surface area contributed by atoms with Crippen molar-refractivity contribution in [2.45, 2.75) is 19.5 Å². The van der Waals surface area contributed by atoms with Gasteiger partial charge in [-0.15, -0.1) is 0 Å². The SMILES string of the molecule is CC(NCC(=O)NCc1ccccc1)c1nccn1C. The number of nitrogens with zero attached hydrogens (tertiary/aromatic N) is 2. The second kappa shape index (κ2) is 6.86. The summed E-state index contributed by atoms with van der Waals surface area (Å²) in [7, 11) is 1.94. The van der Waals surface area contributed by atoms with Crippen LogP contribution in [0.15, 0.2) is 42.7 Å². The molecule has 0 saturated carbocycles. The Morgan fingerprint density at radius 1 is 1.35 bits per heavy atom. The van der Waals surface area contributed by atoms with E-state index in [9.17, 15) is 4.79 Å².